The number of benzene rings is 3. The van der Waals surface area contributed by atoms with Crippen LogP contribution >= 0.6 is 0 Å². The maximum atomic E-state index is 5.81. The smallest absolute Gasteiger partial charge is 0.369 e. The highest BCUT2D eigenvalue weighted by atomic mass is 16.7. The van der Waals surface area contributed by atoms with Crippen LogP contribution in [0.3, 0.4) is 0 Å². The van der Waals surface area contributed by atoms with Gasteiger partial charge in [-0.25, -0.2) is 0 Å². The molecule has 3 aromatic carbocycles. The average Bonchev–Trinajstić information content (AvgIpc) is 2.62. The van der Waals surface area contributed by atoms with Crippen LogP contribution in [0.15, 0.2) is 91.0 Å². The second kappa shape index (κ2) is 7.90. The second-order valence-electron chi connectivity index (χ2n) is 4.80. The van der Waals surface area contributed by atoms with Gasteiger partial charge in [-0.1, -0.05) is 54.6 Å². The molecular formula is C20H17O3. The summed E-state index contributed by atoms with van der Waals surface area (Å²) in [6.45, 7) is 0.202. The highest BCUT2D eigenvalue weighted by molar-refractivity contribution is 5.25. The lowest BCUT2D eigenvalue weighted by Gasteiger charge is -2.18. The fourth-order valence-electron chi connectivity index (χ4n) is 1.98. The molecule has 23 heavy (non-hydrogen) atoms. The zero-order valence-electron chi connectivity index (χ0n) is 12.6. The molecule has 0 aromatic heterocycles. The molecule has 0 aliphatic rings. The minimum atomic E-state index is 0.202. The van der Waals surface area contributed by atoms with E-state index in [1.807, 2.05) is 91.0 Å². The van der Waals surface area contributed by atoms with Gasteiger partial charge in [0.15, 0.2) is 6.61 Å². The second-order valence-corrected chi connectivity index (χ2v) is 4.80. The van der Waals surface area contributed by atoms with Gasteiger partial charge >= 0.3 is 6.29 Å². The number of rotatable bonds is 7. The fourth-order valence-corrected chi connectivity index (χ4v) is 1.98. The maximum absolute atomic E-state index is 5.81. The molecule has 0 unspecified atom stereocenters. The number of hydrogen-bond donors (Lipinski definition) is 0. The molecule has 0 spiro atoms. The van der Waals surface area contributed by atoms with Crippen molar-refractivity contribution in [3.8, 4) is 17.2 Å². The molecule has 0 heterocycles. The summed E-state index contributed by atoms with van der Waals surface area (Å²) in [6.07, 6.45) is 0.381. The zero-order valence-corrected chi connectivity index (χ0v) is 12.6. The lowest BCUT2D eigenvalue weighted by molar-refractivity contribution is 0.0754. The van der Waals surface area contributed by atoms with Crippen LogP contribution in [-0.4, -0.2) is 6.61 Å². The normalized spacial score (nSPS) is 10.3. The van der Waals surface area contributed by atoms with Gasteiger partial charge in [-0.2, -0.15) is 0 Å². The molecule has 0 N–H and O–H groups in total. The van der Waals surface area contributed by atoms with Crippen molar-refractivity contribution < 1.29 is 14.2 Å². The third-order valence-electron chi connectivity index (χ3n) is 3.05. The number of ether oxygens (including phenoxy) is 3. The van der Waals surface area contributed by atoms with Gasteiger partial charge in [-0.05, 0) is 36.4 Å². The van der Waals surface area contributed by atoms with Crippen LogP contribution in [0, 0.1) is 6.29 Å². The highest BCUT2D eigenvalue weighted by Crippen LogP contribution is 2.20. The monoisotopic (exact) mass is 305 g/mol. The Kier molecular flexibility index (Phi) is 5.14. The maximum Gasteiger partial charge on any atom is 0.369 e. The first kappa shape index (κ1) is 15.0. The van der Waals surface area contributed by atoms with Gasteiger partial charge in [-0.3, -0.25) is 0 Å². The molecule has 1 radical (unpaired) electrons. The van der Waals surface area contributed by atoms with E-state index in [9.17, 15) is 0 Å². The minimum absolute atomic E-state index is 0.202. The molecule has 3 rings (SSSR count). The molecule has 3 nitrogen and oxygen atoms in total. The first-order valence-corrected chi connectivity index (χ1v) is 7.39. The molecule has 0 saturated carbocycles. The summed E-state index contributed by atoms with van der Waals surface area (Å²) in [4.78, 5) is 0. The van der Waals surface area contributed by atoms with Crippen LogP contribution in [0.4, 0.5) is 0 Å². The van der Waals surface area contributed by atoms with Gasteiger partial charge in [0, 0.05) is 0 Å². The summed E-state index contributed by atoms with van der Waals surface area (Å²) >= 11 is 0. The molecule has 0 aliphatic heterocycles. The molecule has 0 saturated heterocycles. The summed E-state index contributed by atoms with van der Waals surface area (Å²) in [6, 6.07) is 28.6. The van der Waals surface area contributed by atoms with E-state index < -0.39 is 0 Å². The quantitative estimate of drug-likeness (QED) is 0.632. The van der Waals surface area contributed by atoms with Gasteiger partial charge in [-0.15, -0.1) is 0 Å². The number of para-hydroxylation sites is 3. The molecule has 0 bridgehead atoms. The van der Waals surface area contributed by atoms with Gasteiger partial charge in [0.1, 0.15) is 17.2 Å². The van der Waals surface area contributed by atoms with Crippen LogP contribution in [0.2, 0.25) is 0 Å². The Morgan fingerprint density at radius 1 is 0.522 bits per heavy atom. The lowest BCUT2D eigenvalue weighted by atomic mass is 10.3. The standard InChI is InChI=1S/C20H17O3/c1-4-10-17(11-5-1)21-16-20(22-18-12-6-2-7-13-18)23-19-14-8-3-9-15-19/h1-15H,16H2. The largest absolute Gasteiger partial charge is 0.485 e. The molecule has 0 atom stereocenters. The Bertz CT molecular complexity index is 642. The van der Waals surface area contributed by atoms with Crippen LogP contribution in [0.5, 0.6) is 17.2 Å². The van der Waals surface area contributed by atoms with Gasteiger partial charge in [0.2, 0.25) is 0 Å². The van der Waals surface area contributed by atoms with Crippen molar-refractivity contribution in [2.24, 2.45) is 0 Å². The Morgan fingerprint density at radius 2 is 0.913 bits per heavy atom. The van der Waals surface area contributed by atoms with E-state index in [2.05, 4.69) is 0 Å². The van der Waals surface area contributed by atoms with E-state index >= 15 is 0 Å². The summed E-state index contributed by atoms with van der Waals surface area (Å²) in [5, 5.41) is 0. The van der Waals surface area contributed by atoms with E-state index in [-0.39, 0.29) is 6.61 Å². The Balaban J connectivity index is 1.67. The van der Waals surface area contributed by atoms with Crippen molar-refractivity contribution in [3.63, 3.8) is 0 Å². The van der Waals surface area contributed by atoms with Crippen LogP contribution < -0.4 is 14.2 Å². The first-order chi connectivity index (χ1) is 11.4. The molecule has 115 valence electrons. The molecule has 0 amide bonds. The van der Waals surface area contributed by atoms with Crippen molar-refractivity contribution in [1.82, 2.24) is 0 Å². The topological polar surface area (TPSA) is 27.7 Å². The van der Waals surface area contributed by atoms with E-state index in [0.717, 1.165) is 5.75 Å². The van der Waals surface area contributed by atoms with Crippen LogP contribution in [0.25, 0.3) is 0 Å². The Morgan fingerprint density at radius 3 is 1.35 bits per heavy atom. The third-order valence-corrected chi connectivity index (χ3v) is 3.05. The lowest BCUT2D eigenvalue weighted by Crippen LogP contribution is -2.22. The average molecular weight is 305 g/mol. The number of hydrogen-bond acceptors (Lipinski definition) is 3. The Labute approximate surface area is 136 Å². The molecule has 3 heteroatoms. The minimum Gasteiger partial charge on any atom is -0.485 e. The summed E-state index contributed by atoms with van der Waals surface area (Å²) in [5.41, 5.74) is 0. The fraction of sp³-hybridized carbons (Fsp3) is 0.0500. The SMILES string of the molecule is c1ccc(OC[C](Oc2ccccc2)Oc2ccccc2)cc1. The predicted octanol–water partition coefficient (Wildman–Crippen LogP) is 4.71. The van der Waals surface area contributed by atoms with Crippen molar-refractivity contribution in [1.29, 1.82) is 0 Å². The van der Waals surface area contributed by atoms with Crippen molar-refractivity contribution >= 4 is 0 Å². The third kappa shape index (κ3) is 4.78. The first-order valence-electron chi connectivity index (χ1n) is 7.39. The summed E-state index contributed by atoms with van der Waals surface area (Å²) < 4.78 is 17.3. The van der Waals surface area contributed by atoms with Crippen LogP contribution in [0.1, 0.15) is 0 Å². The van der Waals surface area contributed by atoms with Gasteiger partial charge < -0.3 is 14.2 Å². The van der Waals surface area contributed by atoms with Crippen molar-refractivity contribution in [3.05, 3.63) is 97.3 Å². The van der Waals surface area contributed by atoms with Crippen molar-refractivity contribution in [2.75, 3.05) is 6.61 Å². The molecule has 0 aliphatic carbocycles. The van der Waals surface area contributed by atoms with E-state index in [1.54, 1.807) is 0 Å². The van der Waals surface area contributed by atoms with Crippen LogP contribution in [-0.2, 0) is 0 Å². The van der Waals surface area contributed by atoms with E-state index in [4.69, 9.17) is 14.2 Å². The summed E-state index contributed by atoms with van der Waals surface area (Å²) in [7, 11) is 0. The van der Waals surface area contributed by atoms with Gasteiger partial charge in [0.25, 0.3) is 0 Å². The molecule has 0 fully saturated rings. The highest BCUT2D eigenvalue weighted by Gasteiger charge is 2.17. The molecular weight excluding hydrogens is 288 g/mol. The Hall–Kier alpha value is -2.94. The van der Waals surface area contributed by atoms with Gasteiger partial charge in [0.05, 0.1) is 0 Å². The van der Waals surface area contributed by atoms with E-state index in [0.29, 0.717) is 17.8 Å². The molecule has 3 aromatic rings. The predicted molar refractivity (Wildman–Crippen MR) is 89.3 cm³/mol. The summed E-state index contributed by atoms with van der Waals surface area (Å²) in [5.74, 6) is 2.17. The van der Waals surface area contributed by atoms with E-state index in [1.165, 1.54) is 0 Å². The van der Waals surface area contributed by atoms with Crippen molar-refractivity contribution in [2.45, 2.75) is 0 Å². The zero-order chi connectivity index (χ0) is 15.7.